The topological polar surface area (TPSA) is 59.8 Å². The molecule has 0 aliphatic heterocycles. The van der Waals surface area contributed by atoms with Crippen LogP contribution in [0.5, 0.6) is 0 Å². The van der Waals surface area contributed by atoms with Crippen LogP contribution in [0, 0.1) is 0 Å². The molecule has 5 nitrogen and oxygen atoms in total. The number of aromatic nitrogens is 3. The number of rotatable bonds is 3. The standard InChI is InChI=1S/C19H20N4O/c1-19(2,3)14-9-11-15(12-10-14)20-18(24)17-13-23(22-21-17)16-7-5-4-6-8-16/h4-13H,1-3H3,(H,20,24). The first-order valence-corrected chi connectivity index (χ1v) is 7.83. The summed E-state index contributed by atoms with van der Waals surface area (Å²) in [5.41, 5.74) is 3.18. The van der Waals surface area contributed by atoms with Crippen LogP contribution in [0.3, 0.4) is 0 Å². The number of para-hydroxylation sites is 1. The fourth-order valence-corrected chi connectivity index (χ4v) is 2.32. The number of nitrogens with one attached hydrogen (secondary N) is 1. The summed E-state index contributed by atoms with van der Waals surface area (Å²) in [6.07, 6.45) is 1.62. The third-order valence-corrected chi connectivity index (χ3v) is 3.76. The average Bonchev–Trinajstić information content (AvgIpc) is 3.05. The van der Waals surface area contributed by atoms with Crippen LogP contribution in [-0.4, -0.2) is 20.9 Å². The van der Waals surface area contributed by atoms with Gasteiger partial charge in [-0.2, -0.15) is 0 Å². The molecule has 0 spiro atoms. The average molecular weight is 320 g/mol. The molecule has 5 heteroatoms. The lowest BCUT2D eigenvalue weighted by molar-refractivity contribution is 0.102. The summed E-state index contributed by atoms with van der Waals surface area (Å²) in [5.74, 6) is -0.277. The van der Waals surface area contributed by atoms with Crippen molar-refractivity contribution in [2.75, 3.05) is 5.32 Å². The second kappa shape index (κ2) is 6.28. The van der Waals surface area contributed by atoms with Gasteiger partial charge in [0.2, 0.25) is 0 Å². The van der Waals surface area contributed by atoms with Gasteiger partial charge in [-0.05, 0) is 35.2 Å². The van der Waals surface area contributed by atoms with Crippen LogP contribution in [-0.2, 0) is 5.41 Å². The number of carbonyl (C=O) groups excluding carboxylic acids is 1. The lowest BCUT2D eigenvalue weighted by Gasteiger charge is -2.19. The van der Waals surface area contributed by atoms with Crippen LogP contribution >= 0.6 is 0 Å². The lowest BCUT2D eigenvalue weighted by Crippen LogP contribution is -2.14. The number of benzene rings is 2. The van der Waals surface area contributed by atoms with E-state index in [0.717, 1.165) is 11.4 Å². The lowest BCUT2D eigenvalue weighted by atomic mass is 9.87. The third kappa shape index (κ3) is 3.51. The maximum absolute atomic E-state index is 12.3. The Morgan fingerprint density at radius 1 is 1.00 bits per heavy atom. The quantitative estimate of drug-likeness (QED) is 0.798. The summed E-state index contributed by atoms with van der Waals surface area (Å²) in [6, 6.07) is 17.4. The molecule has 122 valence electrons. The first-order chi connectivity index (χ1) is 11.4. The number of carbonyl (C=O) groups is 1. The van der Waals surface area contributed by atoms with Crippen LogP contribution in [0.4, 0.5) is 5.69 Å². The van der Waals surface area contributed by atoms with Crippen molar-refractivity contribution < 1.29 is 4.79 Å². The minimum atomic E-state index is -0.277. The van der Waals surface area contributed by atoms with E-state index in [9.17, 15) is 4.79 Å². The minimum Gasteiger partial charge on any atom is -0.321 e. The van der Waals surface area contributed by atoms with Gasteiger partial charge in [0.15, 0.2) is 5.69 Å². The molecule has 0 radical (unpaired) electrons. The molecule has 0 bridgehead atoms. The van der Waals surface area contributed by atoms with Crippen LogP contribution in [0.2, 0.25) is 0 Å². The highest BCUT2D eigenvalue weighted by molar-refractivity contribution is 6.02. The second-order valence-corrected chi connectivity index (χ2v) is 6.67. The van der Waals surface area contributed by atoms with E-state index in [1.807, 2.05) is 54.6 Å². The van der Waals surface area contributed by atoms with Crippen LogP contribution in [0.25, 0.3) is 5.69 Å². The van der Waals surface area contributed by atoms with Crippen LogP contribution in [0.1, 0.15) is 36.8 Å². The van der Waals surface area contributed by atoms with Gasteiger partial charge in [-0.3, -0.25) is 4.79 Å². The highest BCUT2D eigenvalue weighted by atomic mass is 16.2. The molecule has 1 amide bonds. The number of anilines is 1. The maximum Gasteiger partial charge on any atom is 0.277 e. The Labute approximate surface area is 141 Å². The van der Waals surface area contributed by atoms with Gasteiger partial charge in [-0.1, -0.05) is 56.3 Å². The molecule has 0 fully saturated rings. The number of hydrogen-bond acceptors (Lipinski definition) is 3. The van der Waals surface area contributed by atoms with Gasteiger partial charge in [0.25, 0.3) is 5.91 Å². The first-order valence-electron chi connectivity index (χ1n) is 7.83. The fraction of sp³-hybridized carbons (Fsp3) is 0.211. The van der Waals surface area contributed by atoms with E-state index in [1.54, 1.807) is 10.9 Å². The van der Waals surface area contributed by atoms with Gasteiger partial charge in [0.05, 0.1) is 11.9 Å². The van der Waals surface area contributed by atoms with Gasteiger partial charge < -0.3 is 5.32 Å². The molecule has 1 heterocycles. The van der Waals surface area contributed by atoms with E-state index in [4.69, 9.17) is 0 Å². The Kier molecular flexibility index (Phi) is 4.16. The molecule has 1 N–H and O–H groups in total. The summed E-state index contributed by atoms with van der Waals surface area (Å²) < 4.78 is 1.58. The molecule has 0 unspecified atom stereocenters. The van der Waals surface area contributed by atoms with Gasteiger partial charge >= 0.3 is 0 Å². The van der Waals surface area contributed by atoms with Gasteiger partial charge in [-0.25, -0.2) is 4.68 Å². The Hall–Kier alpha value is -2.95. The molecule has 1 aromatic heterocycles. The highest BCUT2D eigenvalue weighted by Crippen LogP contribution is 2.23. The van der Waals surface area contributed by atoms with Crippen LogP contribution < -0.4 is 5.32 Å². The van der Waals surface area contributed by atoms with E-state index in [-0.39, 0.29) is 17.0 Å². The molecule has 2 aromatic carbocycles. The van der Waals surface area contributed by atoms with Crippen molar-refractivity contribution in [1.29, 1.82) is 0 Å². The van der Waals surface area contributed by atoms with E-state index < -0.39 is 0 Å². The molecule has 0 aliphatic rings. The van der Waals surface area contributed by atoms with Crippen molar-refractivity contribution in [3.05, 3.63) is 72.1 Å². The maximum atomic E-state index is 12.3. The van der Waals surface area contributed by atoms with Crippen molar-refractivity contribution in [1.82, 2.24) is 15.0 Å². The van der Waals surface area contributed by atoms with E-state index in [2.05, 4.69) is 36.4 Å². The van der Waals surface area contributed by atoms with E-state index in [1.165, 1.54) is 5.56 Å². The van der Waals surface area contributed by atoms with Gasteiger partial charge in [0, 0.05) is 5.69 Å². The molecular formula is C19H20N4O. The summed E-state index contributed by atoms with van der Waals surface area (Å²) in [7, 11) is 0. The van der Waals surface area contributed by atoms with Crippen molar-refractivity contribution in [2.45, 2.75) is 26.2 Å². The van der Waals surface area contributed by atoms with Crippen molar-refractivity contribution >= 4 is 11.6 Å². The summed E-state index contributed by atoms with van der Waals surface area (Å²) in [5, 5.41) is 10.8. The highest BCUT2D eigenvalue weighted by Gasteiger charge is 2.15. The fourth-order valence-electron chi connectivity index (χ4n) is 2.32. The summed E-state index contributed by atoms with van der Waals surface area (Å²) >= 11 is 0. The molecule has 0 saturated heterocycles. The Morgan fingerprint density at radius 3 is 2.29 bits per heavy atom. The van der Waals surface area contributed by atoms with Crippen LogP contribution in [0.15, 0.2) is 60.8 Å². The number of amides is 1. The first kappa shape index (κ1) is 15.9. The zero-order chi connectivity index (χ0) is 17.2. The SMILES string of the molecule is CC(C)(C)c1ccc(NC(=O)c2cn(-c3ccccc3)nn2)cc1. The predicted octanol–water partition coefficient (Wildman–Crippen LogP) is 3.82. The largest absolute Gasteiger partial charge is 0.321 e. The summed E-state index contributed by atoms with van der Waals surface area (Å²) in [4.78, 5) is 12.3. The molecule has 0 saturated carbocycles. The Balaban J connectivity index is 1.73. The van der Waals surface area contributed by atoms with Crippen molar-refractivity contribution in [3.8, 4) is 5.69 Å². The number of hydrogen-bond donors (Lipinski definition) is 1. The van der Waals surface area contributed by atoms with Crippen molar-refractivity contribution in [3.63, 3.8) is 0 Å². The van der Waals surface area contributed by atoms with E-state index >= 15 is 0 Å². The Morgan fingerprint density at radius 2 is 1.67 bits per heavy atom. The molecular weight excluding hydrogens is 300 g/mol. The monoisotopic (exact) mass is 320 g/mol. The Bertz CT molecular complexity index is 830. The van der Waals surface area contributed by atoms with E-state index in [0.29, 0.717) is 0 Å². The summed E-state index contributed by atoms with van der Waals surface area (Å²) in [6.45, 7) is 6.47. The second-order valence-electron chi connectivity index (χ2n) is 6.67. The molecule has 0 atom stereocenters. The number of nitrogens with zero attached hydrogens (tertiary/aromatic N) is 3. The zero-order valence-corrected chi connectivity index (χ0v) is 14.0. The molecule has 24 heavy (non-hydrogen) atoms. The van der Waals surface area contributed by atoms with Crippen molar-refractivity contribution in [2.24, 2.45) is 0 Å². The molecule has 3 rings (SSSR count). The van der Waals surface area contributed by atoms with Gasteiger partial charge in [-0.15, -0.1) is 5.10 Å². The van der Waals surface area contributed by atoms with Gasteiger partial charge in [0.1, 0.15) is 0 Å². The minimum absolute atomic E-state index is 0.0842. The zero-order valence-electron chi connectivity index (χ0n) is 14.0. The normalized spacial score (nSPS) is 11.3. The molecule has 3 aromatic rings. The predicted molar refractivity (Wildman–Crippen MR) is 94.5 cm³/mol. The third-order valence-electron chi connectivity index (χ3n) is 3.76. The smallest absolute Gasteiger partial charge is 0.277 e. The molecule has 0 aliphatic carbocycles.